The lowest BCUT2D eigenvalue weighted by molar-refractivity contribution is -0.0332. The number of hydrogen-bond donors (Lipinski definition) is 0. The molecule has 0 saturated carbocycles. The van der Waals surface area contributed by atoms with Gasteiger partial charge in [-0.1, -0.05) is 6.07 Å². The van der Waals surface area contributed by atoms with E-state index in [9.17, 15) is 10.1 Å². The topological polar surface area (TPSA) is 89.6 Å². The first kappa shape index (κ1) is 21.2. The quantitative estimate of drug-likeness (QED) is 0.558. The summed E-state index contributed by atoms with van der Waals surface area (Å²) < 4.78 is 18.4. The summed E-state index contributed by atoms with van der Waals surface area (Å²) in [6, 6.07) is 11.4. The number of fused-ring (bicyclic) bond motifs is 1. The van der Waals surface area contributed by atoms with Crippen LogP contribution in [0.2, 0.25) is 0 Å². The molecular formula is C25H24N4O4. The minimum atomic E-state index is -0.247. The second-order valence-corrected chi connectivity index (χ2v) is 8.27. The van der Waals surface area contributed by atoms with Crippen LogP contribution in [0.15, 0.2) is 42.7 Å². The van der Waals surface area contributed by atoms with Crippen molar-refractivity contribution < 1.29 is 19.0 Å². The van der Waals surface area contributed by atoms with Crippen molar-refractivity contribution in [2.75, 3.05) is 26.8 Å². The lowest BCUT2D eigenvalue weighted by atomic mass is 9.94. The van der Waals surface area contributed by atoms with E-state index in [4.69, 9.17) is 14.2 Å². The molecule has 8 nitrogen and oxygen atoms in total. The molecule has 3 aromatic rings. The Bertz CT molecular complexity index is 1260. The first-order chi connectivity index (χ1) is 16.1. The zero-order chi connectivity index (χ0) is 22.9. The average molecular weight is 444 g/mol. The molecule has 1 aromatic heterocycles. The van der Waals surface area contributed by atoms with E-state index < -0.39 is 0 Å². The Morgan fingerprint density at radius 2 is 2.18 bits per heavy atom. The van der Waals surface area contributed by atoms with E-state index in [-0.39, 0.29) is 12.1 Å². The molecule has 0 spiro atoms. The molecule has 0 aliphatic carbocycles. The number of nitrogens with zero attached hydrogens (tertiary/aromatic N) is 4. The van der Waals surface area contributed by atoms with Crippen LogP contribution in [0, 0.1) is 18.3 Å². The minimum absolute atomic E-state index is 0.0578. The van der Waals surface area contributed by atoms with Crippen LogP contribution in [-0.4, -0.2) is 47.5 Å². The molecule has 2 aliphatic rings. The number of benzene rings is 2. The number of esters is 1. The number of carbonyl (C=O) groups excluding carboxylic acids is 1. The van der Waals surface area contributed by atoms with Crippen LogP contribution in [0.3, 0.4) is 0 Å². The smallest absolute Gasteiger partial charge is 0.338 e. The molecule has 0 amide bonds. The van der Waals surface area contributed by atoms with Crippen LogP contribution in [-0.2, 0) is 22.6 Å². The van der Waals surface area contributed by atoms with Crippen molar-refractivity contribution in [2.45, 2.75) is 26.2 Å². The predicted octanol–water partition coefficient (Wildman–Crippen LogP) is 3.30. The maximum Gasteiger partial charge on any atom is 0.338 e. The second kappa shape index (κ2) is 8.70. The van der Waals surface area contributed by atoms with Gasteiger partial charge in [-0.3, -0.25) is 4.90 Å². The van der Waals surface area contributed by atoms with Crippen molar-refractivity contribution in [1.29, 1.82) is 5.26 Å². The molecule has 168 valence electrons. The summed E-state index contributed by atoms with van der Waals surface area (Å²) >= 11 is 0. The fraction of sp³-hybridized carbons (Fsp3) is 0.320. The molecule has 1 atom stereocenters. The zero-order valence-corrected chi connectivity index (χ0v) is 18.6. The molecule has 33 heavy (non-hydrogen) atoms. The Kier molecular flexibility index (Phi) is 5.58. The highest BCUT2D eigenvalue weighted by molar-refractivity contribution is 5.93. The third-order valence-electron chi connectivity index (χ3n) is 6.32. The van der Waals surface area contributed by atoms with Gasteiger partial charge in [0.05, 0.1) is 42.8 Å². The molecule has 2 aliphatic heterocycles. The normalized spacial score (nSPS) is 18.0. The first-order valence-corrected chi connectivity index (χ1v) is 10.8. The Hall–Kier alpha value is -3.67. The van der Waals surface area contributed by atoms with E-state index in [0.29, 0.717) is 30.1 Å². The zero-order valence-electron chi connectivity index (χ0n) is 18.6. The third kappa shape index (κ3) is 3.97. The number of nitriles is 1. The Labute approximate surface area is 191 Å². The molecule has 0 unspecified atom stereocenters. The van der Waals surface area contributed by atoms with Crippen molar-refractivity contribution in [2.24, 2.45) is 0 Å². The second-order valence-electron chi connectivity index (χ2n) is 8.27. The Morgan fingerprint density at radius 3 is 3.00 bits per heavy atom. The molecular weight excluding hydrogens is 420 g/mol. The number of ether oxygens (including phenoxy) is 3. The number of rotatable bonds is 5. The number of methoxy groups -OCH3 is 1. The summed E-state index contributed by atoms with van der Waals surface area (Å²) in [6.45, 7) is 5.34. The van der Waals surface area contributed by atoms with Gasteiger partial charge in [0.1, 0.15) is 18.4 Å². The highest BCUT2D eigenvalue weighted by Gasteiger charge is 2.29. The average Bonchev–Trinajstić information content (AvgIpc) is 3.46. The molecule has 0 radical (unpaired) electrons. The van der Waals surface area contributed by atoms with Gasteiger partial charge in [0, 0.05) is 43.0 Å². The summed E-state index contributed by atoms with van der Waals surface area (Å²) in [5, 5.41) is 13.7. The number of morpholine rings is 1. The largest absolute Gasteiger partial charge is 0.495 e. The van der Waals surface area contributed by atoms with Gasteiger partial charge >= 0.3 is 5.97 Å². The van der Waals surface area contributed by atoms with Gasteiger partial charge in [-0.05, 0) is 36.2 Å². The van der Waals surface area contributed by atoms with Crippen LogP contribution in [0.25, 0.3) is 5.69 Å². The van der Waals surface area contributed by atoms with Crippen LogP contribution in [0.5, 0.6) is 5.75 Å². The molecule has 5 rings (SSSR count). The van der Waals surface area contributed by atoms with E-state index in [2.05, 4.69) is 16.1 Å². The fourth-order valence-electron chi connectivity index (χ4n) is 4.51. The molecule has 2 aromatic carbocycles. The maximum absolute atomic E-state index is 11.8. The van der Waals surface area contributed by atoms with Crippen LogP contribution >= 0.6 is 0 Å². The van der Waals surface area contributed by atoms with Crippen molar-refractivity contribution in [3.05, 3.63) is 76.1 Å². The molecule has 1 fully saturated rings. The summed E-state index contributed by atoms with van der Waals surface area (Å²) in [4.78, 5) is 14.2. The van der Waals surface area contributed by atoms with Gasteiger partial charge in [0.15, 0.2) is 0 Å². The highest BCUT2D eigenvalue weighted by Crippen LogP contribution is 2.32. The van der Waals surface area contributed by atoms with Crippen molar-refractivity contribution in [1.82, 2.24) is 14.7 Å². The highest BCUT2D eigenvalue weighted by atomic mass is 16.5. The lowest BCUT2D eigenvalue weighted by Crippen LogP contribution is -2.38. The summed E-state index contributed by atoms with van der Waals surface area (Å²) in [7, 11) is 1.55. The van der Waals surface area contributed by atoms with Crippen LogP contribution < -0.4 is 4.74 Å². The molecule has 1 saturated heterocycles. The maximum atomic E-state index is 11.8. The Balaban J connectivity index is 1.30. The van der Waals surface area contributed by atoms with Crippen molar-refractivity contribution in [3.8, 4) is 17.5 Å². The van der Waals surface area contributed by atoms with E-state index >= 15 is 0 Å². The fourth-order valence-corrected chi connectivity index (χ4v) is 4.51. The van der Waals surface area contributed by atoms with E-state index in [0.717, 1.165) is 47.6 Å². The number of cyclic esters (lactones) is 1. The summed E-state index contributed by atoms with van der Waals surface area (Å²) in [5.41, 5.74) is 6.23. The summed E-state index contributed by atoms with van der Waals surface area (Å²) in [6.07, 6.45) is 3.80. The molecule has 0 bridgehead atoms. The van der Waals surface area contributed by atoms with Gasteiger partial charge in [0.25, 0.3) is 0 Å². The number of hydrogen-bond acceptors (Lipinski definition) is 7. The lowest BCUT2D eigenvalue weighted by Gasteiger charge is -2.33. The van der Waals surface area contributed by atoms with Gasteiger partial charge in [-0.25, -0.2) is 9.48 Å². The molecule has 3 heterocycles. The van der Waals surface area contributed by atoms with Gasteiger partial charge in [-0.2, -0.15) is 10.4 Å². The number of aromatic nitrogens is 2. The van der Waals surface area contributed by atoms with Crippen molar-refractivity contribution >= 4 is 5.97 Å². The first-order valence-electron chi connectivity index (χ1n) is 10.8. The van der Waals surface area contributed by atoms with Gasteiger partial charge in [0.2, 0.25) is 0 Å². The van der Waals surface area contributed by atoms with Crippen LogP contribution in [0.1, 0.15) is 44.3 Å². The van der Waals surface area contributed by atoms with E-state index in [1.807, 2.05) is 43.6 Å². The minimum Gasteiger partial charge on any atom is -0.495 e. The Morgan fingerprint density at radius 1 is 1.30 bits per heavy atom. The molecule has 0 N–H and O–H groups in total. The predicted molar refractivity (Wildman–Crippen MR) is 119 cm³/mol. The van der Waals surface area contributed by atoms with Crippen LogP contribution in [0.4, 0.5) is 0 Å². The van der Waals surface area contributed by atoms with E-state index in [1.165, 1.54) is 0 Å². The van der Waals surface area contributed by atoms with Gasteiger partial charge in [-0.15, -0.1) is 0 Å². The third-order valence-corrected chi connectivity index (χ3v) is 6.32. The SMILES string of the molecule is COc1cc(-n2cc(CN3CCO[C@H](c4ccc5c(c4C)COC5=O)C3)cn2)ccc1C#N. The van der Waals surface area contributed by atoms with E-state index in [1.54, 1.807) is 17.9 Å². The van der Waals surface area contributed by atoms with Crippen molar-refractivity contribution in [3.63, 3.8) is 0 Å². The van der Waals surface area contributed by atoms with Gasteiger partial charge < -0.3 is 14.2 Å². The standard InChI is InChI=1S/C25H24N4O4/c1-16-20(5-6-21-22(16)15-33-25(21)30)24-14-28(7-8-32-24)12-17-11-27-29(13-17)19-4-3-18(10-26)23(9-19)31-2/h3-6,9,11,13,24H,7-8,12,14-15H2,1-2H3/t24-/m0/s1. The summed E-state index contributed by atoms with van der Waals surface area (Å²) in [5.74, 6) is 0.280. The number of carbonyl (C=O) groups is 1. The monoisotopic (exact) mass is 444 g/mol. The molecule has 8 heteroatoms.